The molecule has 6 aromatic carbocycles. The van der Waals surface area contributed by atoms with E-state index in [1.807, 2.05) is 54.6 Å². The summed E-state index contributed by atoms with van der Waals surface area (Å²) in [4.78, 5) is 0. The second-order valence-electron chi connectivity index (χ2n) is 10.6. The van der Waals surface area contributed by atoms with Crippen molar-refractivity contribution in [1.82, 2.24) is 0 Å². The Balaban J connectivity index is 1.60. The molecule has 0 unspecified atom stereocenters. The molecule has 0 aliphatic carbocycles. The number of benzene rings is 6. The molecule has 1 heterocycles. The summed E-state index contributed by atoms with van der Waals surface area (Å²) >= 11 is 0. The first-order chi connectivity index (χ1) is 20.1. The number of para-hydroxylation sites is 1. The van der Waals surface area contributed by atoms with Gasteiger partial charge in [-0.3, -0.25) is 0 Å². The molecule has 0 fully saturated rings. The van der Waals surface area contributed by atoms with Crippen LogP contribution in [0.25, 0.3) is 65.7 Å². The van der Waals surface area contributed by atoms with E-state index in [-0.39, 0.29) is 35.1 Å². The molecule has 0 radical (unpaired) electrons. The summed E-state index contributed by atoms with van der Waals surface area (Å²) in [5.74, 6) is 0. The van der Waals surface area contributed by atoms with E-state index >= 15 is 0 Å². The lowest BCUT2D eigenvalue weighted by Gasteiger charge is -2.18. The molecule has 0 aliphatic heterocycles. The highest BCUT2D eigenvalue weighted by Crippen LogP contribution is 2.45. The van der Waals surface area contributed by atoms with Crippen LogP contribution >= 0.6 is 0 Å². The molecule has 0 aliphatic rings. The minimum absolute atomic E-state index is 0.0676. The Morgan fingerprint density at radius 2 is 1.14 bits per heavy atom. The molecule has 0 saturated carbocycles. The number of furan rings is 1. The van der Waals surface area contributed by atoms with Crippen LogP contribution in [0.5, 0.6) is 0 Å². The summed E-state index contributed by atoms with van der Waals surface area (Å²) in [5.41, 5.74) is 5.74. The van der Waals surface area contributed by atoms with E-state index in [0.29, 0.717) is 5.56 Å². The van der Waals surface area contributed by atoms with Gasteiger partial charge in [0.15, 0.2) is 0 Å². The van der Waals surface area contributed by atoms with E-state index in [1.54, 1.807) is 0 Å². The monoisotopic (exact) mass is 481 g/mol. The van der Waals surface area contributed by atoms with Gasteiger partial charge in [0.05, 0.1) is 6.85 Å². The summed E-state index contributed by atoms with van der Waals surface area (Å²) < 4.78 is 48.8. The van der Waals surface area contributed by atoms with Crippen molar-refractivity contribution < 1.29 is 11.3 Å². The van der Waals surface area contributed by atoms with E-state index < -0.39 is 6.04 Å². The lowest BCUT2D eigenvalue weighted by molar-refractivity contribution is 0.573. The highest BCUT2D eigenvalue weighted by atomic mass is 16.3. The van der Waals surface area contributed by atoms with Gasteiger partial charge in [0.2, 0.25) is 0 Å². The second-order valence-corrected chi connectivity index (χ2v) is 10.6. The van der Waals surface area contributed by atoms with Crippen molar-refractivity contribution >= 4 is 43.5 Å². The van der Waals surface area contributed by atoms with Crippen molar-refractivity contribution in [3.05, 3.63) is 121 Å². The zero-order valence-corrected chi connectivity index (χ0v) is 21.0. The molecule has 0 N–H and O–H groups in total. The van der Waals surface area contributed by atoms with E-state index in [2.05, 4.69) is 51.1 Å². The van der Waals surface area contributed by atoms with Gasteiger partial charge in [-0.05, 0) is 61.3 Å². The number of hydrogen-bond donors (Lipinski definition) is 0. The maximum Gasteiger partial charge on any atom is 0.139 e. The van der Waals surface area contributed by atoms with Crippen LogP contribution in [0.1, 0.15) is 33.2 Å². The zero-order valence-electron chi connectivity index (χ0n) is 26.0. The first kappa shape index (κ1) is 17.2. The average molecular weight is 482 g/mol. The predicted octanol–water partition coefficient (Wildman–Crippen LogP) is 10.5. The minimum Gasteiger partial charge on any atom is -0.456 e. The molecule has 178 valence electrons. The van der Waals surface area contributed by atoms with E-state index in [0.717, 1.165) is 60.2 Å². The molecule has 7 aromatic rings. The molecule has 37 heavy (non-hydrogen) atoms. The molecule has 0 saturated heterocycles. The molecule has 0 atom stereocenters. The summed E-state index contributed by atoms with van der Waals surface area (Å²) in [5, 5.41) is 5.66. The Kier molecular flexibility index (Phi) is 3.75. The van der Waals surface area contributed by atoms with E-state index in [4.69, 9.17) is 11.3 Å². The molecule has 0 bridgehead atoms. The summed E-state index contributed by atoms with van der Waals surface area (Å²) in [6, 6.07) is 27.0. The van der Waals surface area contributed by atoms with Crippen LogP contribution in [0.3, 0.4) is 0 Å². The summed E-state index contributed by atoms with van der Waals surface area (Å²) in [6.45, 7) is 6.57. The maximum absolute atomic E-state index is 8.77. The predicted molar refractivity (Wildman–Crippen MR) is 158 cm³/mol. The van der Waals surface area contributed by atoms with Gasteiger partial charge in [0.25, 0.3) is 0 Å². The largest absolute Gasteiger partial charge is 0.456 e. The van der Waals surface area contributed by atoms with Gasteiger partial charge in [-0.1, -0.05) is 124 Å². The lowest BCUT2D eigenvalue weighted by atomic mass is 9.85. The fourth-order valence-corrected chi connectivity index (χ4v) is 5.63. The third kappa shape index (κ3) is 3.38. The molecule has 1 nitrogen and oxygen atoms in total. The molecule has 0 amide bonds. The number of hydrogen-bond acceptors (Lipinski definition) is 1. The fraction of sp³-hybridized carbons (Fsp3) is 0.111. The smallest absolute Gasteiger partial charge is 0.139 e. The first-order valence-electron chi connectivity index (χ1n) is 15.0. The van der Waals surface area contributed by atoms with Gasteiger partial charge < -0.3 is 4.42 Å². The van der Waals surface area contributed by atoms with Crippen molar-refractivity contribution in [2.24, 2.45) is 0 Å². The SMILES string of the molecule is [2H]c1c([2H])c([2H])c(-c2c3ccccc3c(-c3ccc4oc5c(C(C)(C)C)cccc5c4c3)c3ccccc23)c([2H])c1[2H]. The normalized spacial score (nSPS) is 14.1. The highest BCUT2D eigenvalue weighted by molar-refractivity contribution is 6.22. The van der Waals surface area contributed by atoms with Crippen LogP contribution in [-0.2, 0) is 5.41 Å². The topological polar surface area (TPSA) is 13.1 Å². The highest BCUT2D eigenvalue weighted by Gasteiger charge is 2.21. The molecular formula is C36H28O. The standard InChI is InChI=1S/C36H28O/c1-36(2,3)31-19-11-18-29-30-22-24(20-21-32(30)37-35(29)31)34-27-16-9-7-14-25(27)33(23-12-5-4-6-13-23)26-15-8-10-17-28(26)34/h4-22H,1-3H3/i4D,5D,6D,12D,13D. The first-order valence-corrected chi connectivity index (χ1v) is 12.5. The van der Waals surface area contributed by atoms with Crippen LogP contribution in [0.4, 0.5) is 0 Å². The van der Waals surface area contributed by atoms with Crippen LogP contribution in [0, 0.1) is 0 Å². The quantitative estimate of drug-likeness (QED) is 0.224. The van der Waals surface area contributed by atoms with Crippen molar-refractivity contribution in [3.8, 4) is 22.3 Å². The Morgan fingerprint density at radius 1 is 0.568 bits per heavy atom. The van der Waals surface area contributed by atoms with Crippen LogP contribution in [0.15, 0.2) is 120 Å². The third-order valence-corrected chi connectivity index (χ3v) is 7.27. The Labute approximate surface area is 224 Å². The van der Waals surface area contributed by atoms with Gasteiger partial charge in [0, 0.05) is 16.3 Å². The van der Waals surface area contributed by atoms with Crippen molar-refractivity contribution in [2.45, 2.75) is 26.2 Å². The average Bonchev–Trinajstić information content (AvgIpc) is 3.36. The van der Waals surface area contributed by atoms with Crippen molar-refractivity contribution in [2.75, 3.05) is 0 Å². The maximum atomic E-state index is 8.77. The van der Waals surface area contributed by atoms with Crippen molar-refractivity contribution in [1.29, 1.82) is 0 Å². The molecule has 7 rings (SSSR count). The number of rotatable bonds is 2. The van der Waals surface area contributed by atoms with E-state index in [9.17, 15) is 0 Å². The Bertz CT molecular complexity index is 2150. The van der Waals surface area contributed by atoms with Crippen LogP contribution in [-0.4, -0.2) is 0 Å². The van der Waals surface area contributed by atoms with Gasteiger partial charge in [-0.25, -0.2) is 0 Å². The van der Waals surface area contributed by atoms with E-state index in [1.165, 1.54) is 0 Å². The minimum atomic E-state index is -0.394. The third-order valence-electron chi connectivity index (χ3n) is 7.27. The molecule has 1 aromatic heterocycles. The Morgan fingerprint density at radius 3 is 1.73 bits per heavy atom. The molecule has 0 spiro atoms. The number of fused-ring (bicyclic) bond motifs is 5. The second kappa shape index (κ2) is 8.08. The molecular weight excluding hydrogens is 448 g/mol. The lowest BCUT2D eigenvalue weighted by Crippen LogP contribution is -2.10. The summed E-state index contributed by atoms with van der Waals surface area (Å²) in [7, 11) is 0. The van der Waals surface area contributed by atoms with Crippen LogP contribution < -0.4 is 0 Å². The van der Waals surface area contributed by atoms with Crippen molar-refractivity contribution in [3.63, 3.8) is 0 Å². The summed E-state index contributed by atoms with van der Waals surface area (Å²) in [6.07, 6.45) is 0. The van der Waals surface area contributed by atoms with Gasteiger partial charge in [-0.2, -0.15) is 0 Å². The van der Waals surface area contributed by atoms with Gasteiger partial charge in [-0.15, -0.1) is 0 Å². The Hall–Kier alpha value is -4.36. The fourth-order valence-electron chi connectivity index (χ4n) is 5.63. The van der Waals surface area contributed by atoms with Gasteiger partial charge >= 0.3 is 0 Å². The zero-order chi connectivity index (χ0) is 29.5. The van der Waals surface area contributed by atoms with Gasteiger partial charge in [0.1, 0.15) is 11.2 Å². The van der Waals surface area contributed by atoms with Crippen LogP contribution in [0.2, 0.25) is 0 Å². The molecule has 1 heteroatoms.